The highest BCUT2D eigenvalue weighted by molar-refractivity contribution is 5.50. The number of hydrogen-bond acceptors (Lipinski definition) is 1. The minimum absolute atomic E-state index is 0.236. The molecule has 58 valence electrons. The van der Waals surface area contributed by atoms with Gasteiger partial charge in [0.15, 0.2) is 0 Å². The molecule has 0 spiro atoms. The van der Waals surface area contributed by atoms with Crippen molar-refractivity contribution in [2.24, 2.45) is 5.92 Å². The van der Waals surface area contributed by atoms with Crippen molar-refractivity contribution in [2.45, 2.75) is 12.6 Å². The maximum atomic E-state index is 11.7. The standard InChI is InChI=1S/C6H7F3O/c1-2-5(3-4-10)6(7,8)9/h2,4-5H,1,3H2. The van der Waals surface area contributed by atoms with Gasteiger partial charge >= 0.3 is 6.18 Å². The number of carbonyl (C=O) groups is 1. The summed E-state index contributed by atoms with van der Waals surface area (Å²) < 4.78 is 35.0. The molecule has 0 amide bonds. The average Bonchev–Trinajstić information content (AvgIpc) is 1.80. The molecule has 0 aromatic rings. The zero-order valence-electron chi connectivity index (χ0n) is 5.19. The van der Waals surface area contributed by atoms with Crippen LogP contribution in [0.3, 0.4) is 0 Å². The molecular weight excluding hydrogens is 145 g/mol. The Hall–Kier alpha value is -0.800. The molecule has 0 bridgehead atoms. The Labute approximate surface area is 56.5 Å². The second kappa shape index (κ2) is 3.39. The number of hydrogen-bond donors (Lipinski definition) is 0. The zero-order valence-corrected chi connectivity index (χ0v) is 5.19. The van der Waals surface area contributed by atoms with Gasteiger partial charge in [0, 0.05) is 6.42 Å². The van der Waals surface area contributed by atoms with E-state index in [4.69, 9.17) is 0 Å². The molecule has 0 aromatic heterocycles. The first-order chi connectivity index (χ1) is 4.52. The van der Waals surface area contributed by atoms with Gasteiger partial charge in [-0.3, -0.25) is 0 Å². The lowest BCUT2D eigenvalue weighted by atomic mass is 10.1. The van der Waals surface area contributed by atoms with Crippen LogP contribution in [0.15, 0.2) is 12.7 Å². The number of halogens is 3. The van der Waals surface area contributed by atoms with Crippen molar-refractivity contribution < 1.29 is 18.0 Å². The highest BCUT2D eigenvalue weighted by Crippen LogP contribution is 2.28. The normalized spacial score (nSPS) is 14.3. The van der Waals surface area contributed by atoms with E-state index in [1.165, 1.54) is 0 Å². The van der Waals surface area contributed by atoms with Crippen LogP contribution in [0, 0.1) is 5.92 Å². The molecule has 0 rings (SSSR count). The predicted octanol–water partition coefficient (Wildman–Crippen LogP) is 1.94. The topological polar surface area (TPSA) is 17.1 Å². The van der Waals surface area contributed by atoms with Crippen molar-refractivity contribution in [3.05, 3.63) is 12.7 Å². The van der Waals surface area contributed by atoms with E-state index in [1.807, 2.05) is 0 Å². The molecule has 1 unspecified atom stereocenters. The van der Waals surface area contributed by atoms with E-state index in [9.17, 15) is 18.0 Å². The van der Waals surface area contributed by atoms with Crippen LogP contribution >= 0.6 is 0 Å². The third-order valence-electron chi connectivity index (χ3n) is 1.06. The quantitative estimate of drug-likeness (QED) is 0.446. The maximum Gasteiger partial charge on any atom is 0.395 e. The van der Waals surface area contributed by atoms with Gasteiger partial charge < -0.3 is 4.79 Å². The fraction of sp³-hybridized carbons (Fsp3) is 0.500. The summed E-state index contributed by atoms with van der Waals surface area (Å²) in [4.78, 5) is 9.67. The van der Waals surface area contributed by atoms with E-state index >= 15 is 0 Å². The minimum atomic E-state index is -4.33. The van der Waals surface area contributed by atoms with Crippen LogP contribution in [-0.2, 0) is 4.79 Å². The molecule has 0 aromatic carbocycles. The summed E-state index contributed by atoms with van der Waals surface area (Å²) in [5.74, 6) is -1.69. The molecule has 0 fully saturated rings. The van der Waals surface area contributed by atoms with Gasteiger partial charge in [-0.15, -0.1) is 6.58 Å². The molecule has 1 nitrogen and oxygen atoms in total. The number of allylic oxidation sites excluding steroid dienone is 1. The van der Waals surface area contributed by atoms with Crippen LogP contribution in [0.25, 0.3) is 0 Å². The van der Waals surface area contributed by atoms with Crippen molar-refractivity contribution in [1.29, 1.82) is 0 Å². The molecule has 4 heteroatoms. The summed E-state index contributed by atoms with van der Waals surface area (Å²) in [6, 6.07) is 0. The third-order valence-corrected chi connectivity index (χ3v) is 1.06. The first-order valence-corrected chi connectivity index (χ1v) is 2.65. The lowest BCUT2D eigenvalue weighted by molar-refractivity contribution is -0.163. The Morgan fingerprint density at radius 3 is 2.10 bits per heavy atom. The molecular formula is C6H7F3O. The fourth-order valence-electron chi connectivity index (χ4n) is 0.467. The summed E-state index contributed by atoms with van der Waals surface area (Å²) in [7, 11) is 0. The van der Waals surface area contributed by atoms with Crippen LogP contribution < -0.4 is 0 Å². The number of alkyl halides is 3. The summed E-state index contributed by atoms with van der Waals surface area (Å²) in [5.41, 5.74) is 0. The summed E-state index contributed by atoms with van der Waals surface area (Å²) in [6.07, 6.45) is -3.90. The summed E-state index contributed by atoms with van der Waals surface area (Å²) in [6.45, 7) is 2.97. The van der Waals surface area contributed by atoms with Crippen molar-refractivity contribution in [2.75, 3.05) is 0 Å². The van der Waals surface area contributed by atoms with Crippen molar-refractivity contribution in [3.8, 4) is 0 Å². The fourth-order valence-corrected chi connectivity index (χ4v) is 0.467. The van der Waals surface area contributed by atoms with Gasteiger partial charge in [-0.1, -0.05) is 6.08 Å². The molecule has 0 aliphatic heterocycles. The number of carbonyl (C=O) groups excluding carboxylic acids is 1. The highest BCUT2D eigenvalue weighted by Gasteiger charge is 2.36. The van der Waals surface area contributed by atoms with Gasteiger partial charge in [-0.25, -0.2) is 0 Å². The van der Waals surface area contributed by atoms with Crippen LogP contribution in [-0.4, -0.2) is 12.5 Å². The Bertz CT molecular complexity index is 127. The lowest BCUT2D eigenvalue weighted by Gasteiger charge is -2.12. The molecule has 1 atom stereocenters. The molecule has 0 N–H and O–H groups in total. The van der Waals surface area contributed by atoms with E-state index < -0.39 is 18.5 Å². The second-order valence-corrected chi connectivity index (χ2v) is 1.79. The smallest absolute Gasteiger partial charge is 0.303 e. The summed E-state index contributed by atoms with van der Waals surface area (Å²) in [5, 5.41) is 0. The Morgan fingerprint density at radius 1 is 1.50 bits per heavy atom. The average molecular weight is 152 g/mol. The Balaban J connectivity index is 4.05. The lowest BCUT2D eigenvalue weighted by Crippen LogP contribution is -2.20. The minimum Gasteiger partial charge on any atom is -0.303 e. The van der Waals surface area contributed by atoms with E-state index in [2.05, 4.69) is 6.58 Å². The van der Waals surface area contributed by atoms with Crippen LogP contribution in [0.5, 0.6) is 0 Å². The van der Waals surface area contributed by atoms with Crippen molar-refractivity contribution in [1.82, 2.24) is 0 Å². The van der Waals surface area contributed by atoms with E-state index in [1.54, 1.807) is 0 Å². The van der Waals surface area contributed by atoms with Crippen molar-refractivity contribution >= 4 is 6.29 Å². The number of rotatable bonds is 3. The predicted molar refractivity (Wildman–Crippen MR) is 30.4 cm³/mol. The van der Waals surface area contributed by atoms with Gasteiger partial charge in [-0.2, -0.15) is 13.2 Å². The molecule has 0 saturated carbocycles. The van der Waals surface area contributed by atoms with Gasteiger partial charge in [0.25, 0.3) is 0 Å². The monoisotopic (exact) mass is 152 g/mol. The Kier molecular flexibility index (Phi) is 3.12. The van der Waals surface area contributed by atoms with Crippen LogP contribution in [0.1, 0.15) is 6.42 Å². The van der Waals surface area contributed by atoms with E-state index in [-0.39, 0.29) is 6.29 Å². The third kappa shape index (κ3) is 2.66. The molecule has 0 heterocycles. The van der Waals surface area contributed by atoms with Crippen LogP contribution in [0.2, 0.25) is 0 Å². The van der Waals surface area contributed by atoms with Gasteiger partial charge in [0.1, 0.15) is 6.29 Å². The molecule has 0 radical (unpaired) electrons. The maximum absolute atomic E-state index is 11.7. The Morgan fingerprint density at radius 2 is 2.00 bits per heavy atom. The molecule has 0 aliphatic rings. The van der Waals surface area contributed by atoms with Crippen LogP contribution in [0.4, 0.5) is 13.2 Å². The SMILES string of the molecule is C=CC(CC=O)C(F)(F)F. The first kappa shape index (κ1) is 9.20. The molecule has 0 saturated heterocycles. The largest absolute Gasteiger partial charge is 0.395 e. The first-order valence-electron chi connectivity index (χ1n) is 2.65. The zero-order chi connectivity index (χ0) is 8.20. The van der Waals surface area contributed by atoms with E-state index in [0.29, 0.717) is 0 Å². The van der Waals surface area contributed by atoms with Crippen molar-refractivity contribution in [3.63, 3.8) is 0 Å². The number of aldehydes is 1. The van der Waals surface area contributed by atoms with Gasteiger partial charge in [0.2, 0.25) is 0 Å². The molecule has 10 heavy (non-hydrogen) atoms. The summed E-state index contributed by atoms with van der Waals surface area (Å²) >= 11 is 0. The van der Waals surface area contributed by atoms with E-state index in [0.717, 1.165) is 6.08 Å². The second-order valence-electron chi connectivity index (χ2n) is 1.79. The van der Waals surface area contributed by atoms with Gasteiger partial charge in [-0.05, 0) is 0 Å². The molecule has 0 aliphatic carbocycles. The highest BCUT2D eigenvalue weighted by atomic mass is 19.4. The van der Waals surface area contributed by atoms with Gasteiger partial charge in [0.05, 0.1) is 5.92 Å².